The van der Waals surface area contributed by atoms with E-state index in [1.165, 1.54) is 18.2 Å². The molecule has 0 saturated heterocycles. The van der Waals surface area contributed by atoms with Crippen LogP contribution in [0.3, 0.4) is 0 Å². The largest absolute Gasteiger partial charge is 0.368 e. The van der Waals surface area contributed by atoms with Gasteiger partial charge in [-0.05, 0) is 12.1 Å². The molecule has 2 rings (SSSR count). The zero-order valence-electron chi connectivity index (χ0n) is 8.72. The van der Waals surface area contributed by atoms with Crippen LogP contribution in [0.25, 0.3) is 0 Å². The Bertz CT molecular complexity index is 562. The van der Waals surface area contributed by atoms with E-state index in [0.717, 1.165) is 0 Å². The van der Waals surface area contributed by atoms with E-state index < -0.39 is 5.82 Å². The van der Waals surface area contributed by atoms with Crippen molar-refractivity contribution >= 4 is 52.3 Å². The van der Waals surface area contributed by atoms with Gasteiger partial charge in [0.1, 0.15) is 11.0 Å². The maximum Gasteiger partial charge on any atom is 0.223 e. The number of nitrogens with two attached hydrogens (primary N) is 1. The van der Waals surface area contributed by atoms with Gasteiger partial charge >= 0.3 is 0 Å². The maximum atomic E-state index is 13.2. The number of hydrogen-bond acceptors (Lipinski definition) is 4. The van der Waals surface area contributed by atoms with Crippen molar-refractivity contribution in [3.63, 3.8) is 0 Å². The summed E-state index contributed by atoms with van der Waals surface area (Å²) >= 11 is 17.1. The van der Waals surface area contributed by atoms with E-state index in [1.54, 1.807) is 0 Å². The number of hydrogen-bond donors (Lipinski definition) is 2. The summed E-state index contributed by atoms with van der Waals surface area (Å²) < 4.78 is 13.2. The molecule has 0 aliphatic rings. The molecule has 0 fully saturated rings. The molecule has 0 amide bonds. The van der Waals surface area contributed by atoms with E-state index in [-0.39, 0.29) is 21.1 Å². The zero-order chi connectivity index (χ0) is 13.3. The number of nitrogens with zero attached hydrogens (tertiary/aromatic N) is 2. The molecule has 0 spiro atoms. The quantitative estimate of drug-likeness (QED) is 0.652. The lowest BCUT2D eigenvalue weighted by atomic mass is 10.3. The average Bonchev–Trinajstić information content (AvgIpc) is 2.24. The second-order valence-corrected chi connectivity index (χ2v) is 4.51. The molecule has 0 aliphatic heterocycles. The van der Waals surface area contributed by atoms with E-state index in [4.69, 9.17) is 40.5 Å². The van der Waals surface area contributed by atoms with Crippen molar-refractivity contribution in [2.24, 2.45) is 0 Å². The van der Waals surface area contributed by atoms with Gasteiger partial charge in [0.25, 0.3) is 0 Å². The van der Waals surface area contributed by atoms with Gasteiger partial charge in [-0.25, -0.2) is 9.37 Å². The average molecular weight is 308 g/mol. The molecule has 2 aromatic rings. The summed E-state index contributed by atoms with van der Waals surface area (Å²) in [6, 6.07) is 4.20. The molecule has 8 heteroatoms. The molecule has 94 valence electrons. The third kappa shape index (κ3) is 2.93. The van der Waals surface area contributed by atoms with Gasteiger partial charge in [0.2, 0.25) is 5.95 Å². The molecule has 3 N–H and O–H groups in total. The van der Waals surface area contributed by atoms with Crippen molar-refractivity contribution in [2.75, 3.05) is 11.1 Å². The fourth-order valence-electron chi connectivity index (χ4n) is 1.27. The molecule has 1 heterocycles. The lowest BCUT2D eigenvalue weighted by Gasteiger charge is -2.08. The summed E-state index contributed by atoms with van der Waals surface area (Å²) in [5.74, 6) is -0.306. The minimum atomic E-state index is -0.677. The molecule has 0 unspecified atom stereocenters. The summed E-state index contributed by atoms with van der Waals surface area (Å²) in [5.41, 5.74) is 5.90. The Kier molecular flexibility index (Phi) is 3.75. The Morgan fingerprint density at radius 2 is 1.67 bits per heavy atom. The van der Waals surface area contributed by atoms with Crippen LogP contribution in [0.2, 0.25) is 15.2 Å². The van der Waals surface area contributed by atoms with E-state index >= 15 is 0 Å². The van der Waals surface area contributed by atoms with Crippen molar-refractivity contribution < 1.29 is 4.39 Å². The fraction of sp³-hybridized carbons (Fsp3) is 0. The monoisotopic (exact) mass is 306 g/mol. The van der Waals surface area contributed by atoms with Crippen LogP contribution in [-0.2, 0) is 0 Å². The molecular weight excluding hydrogens is 301 g/mol. The Balaban J connectivity index is 2.34. The van der Waals surface area contributed by atoms with Gasteiger partial charge in [0, 0.05) is 11.8 Å². The first-order valence-corrected chi connectivity index (χ1v) is 5.80. The second kappa shape index (κ2) is 5.14. The summed E-state index contributed by atoms with van der Waals surface area (Å²) in [6.07, 6.45) is 0. The minimum absolute atomic E-state index is 0.0179. The second-order valence-electron chi connectivity index (χ2n) is 3.31. The zero-order valence-corrected chi connectivity index (χ0v) is 11.0. The van der Waals surface area contributed by atoms with Crippen LogP contribution in [0.1, 0.15) is 0 Å². The van der Waals surface area contributed by atoms with Crippen LogP contribution in [-0.4, -0.2) is 9.97 Å². The van der Waals surface area contributed by atoms with E-state index in [9.17, 15) is 4.39 Å². The minimum Gasteiger partial charge on any atom is -0.368 e. The molecule has 0 saturated carbocycles. The molecule has 0 radical (unpaired) electrons. The summed E-state index contributed by atoms with van der Waals surface area (Å²) in [6.45, 7) is 0. The highest BCUT2D eigenvalue weighted by molar-refractivity contribution is 6.35. The number of benzene rings is 1. The maximum absolute atomic E-state index is 13.2. The Labute approximate surface area is 117 Å². The number of nitrogen functional groups attached to an aromatic ring is 1. The first kappa shape index (κ1) is 13.1. The Hall–Kier alpha value is -1.30. The van der Waals surface area contributed by atoms with Gasteiger partial charge in [-0.2, -0.15) is 4.98 Å². The highest BCUT2D eigenvalue weighted by Gasteiger charge is 2.08. The highest BCUT2D eigenvalue weighted by atomic mass is 35.5. The lowest BCUT2D eigenvalue weighted by molar-refractivity contribution is 0.629. The van der Waals surface area contributed by atoms with Crippen molar-refractivity contribution in [3.8, 4) is 0 Å². The SMILES string of the molecule is Nc1nc(Cl)cc(Nc2cc(Cl)c(F)c(Cl)c2)n1. The third-order valence-corrected chi connectivity index (χ3v) is 2.71. The topological polar surface area (TPSA) is 63.8 Å². The smallest absolute Gasteiger partial charge is 0.223 e. The van der Waals surface area contributed by atoms with Crippen LogP contribution in [0.5, 0.6) is 0 Å². The molecule has 0 aliphatic carbocycles. The van der Waals surface area contributed by atoms with Gasteiger partial charge in [0.05, 0.1) is 10.0 Å². The molecule has 1 aromatic carbocycles. The summed E-state index contributed by atoms with van der Waals surface area (Å²) in [5, 5.41) is 2.83. The third-order valence-electron chi connectivity index (χ3n) is 1.97. The molecule has 0 bridgehead atoms. The molecule has 1 aromatic heterocycles. The predicted molar refractivity (Wildman–Crippen MR) is 71.2 cm³/mol. The van der Waals surface area contributed by atoms with Gasteiger partial charge in [-0.3, -0.25) is 0 Å². The van der Waals surface area contributed by atoms with Gasteiger partial charge in [-0.1, -0.05) is 34.8 Å². The Morgan fingerprint density at radius 1 is 1.06 bits per heavy atom. The van der Waals surface area contributed by atoms with Crippen molar-refractivity contribution in [1.82, 2.24) is 9.97 Å². The van der Waals surface area contributed by atoms with Crippen LogP contribution in [0, 0.1) is 5.82 Å². The van der Waals surface area contributed by atoms with Gasteiger partial charge in [-0.15, -0.1) is 0 Å². The van der Waals surface area contributed by atoms with Crippen molar-refractivity contribution in [1.29, 1.82) is 0 Å². The van der Waals surface area contributed by atoms with Gasteiger partial charge < -0.3 is 11.1 Å². The number of halogens is 4. The van der Waals surface area contributed by atoms with E-state index in [1.807, 2.05) is 0 Å². The Morgan fingerprint density at radius 3 is 2.22 bits per heavy atom. The first-order chi connectivity index (χ1) is 8.45. The van der Waals surface area contributed by atoms with E-state index in [2.05, 4.69) is 15.3 Å². The first-order valence-electron chi connectivity index (χ1n) is 4.67. The summed E-state index contributed by atoms with van der Waals surface area (Å²) in [7, 11) is 0. The summed E-state index contributed by atoms with van der Waals surface area (Å²) in [4.78, 5) is 7.61. The highest BCUT2D eigenvalue weighted by Crippen LogP contribution is 2.29. The van der Waals surface area contributed by atoms with E-state index in [0.29, 0.717) is 11.5 Å². The molecular formula is C10H6Cl3FN4. The standard InChI is InChI=1S/C10H6Cl3FN4/c11-5-1-4(2-6(12)9(5)14)16-8-3-7(13)17-10(15)18-8/h1-3H,(H3,15,16,17,18). The van der Waals surface area contributed by atoms with Crippen molar-refractivity contribution in [2.45, 2.75) is 0 Å². The van der Waals surface area contributed by atoms with Crippen LogP contribution in [0.4, 0.5) is 21.8 Å². The normalized spacial score (nSPS) is 10.4. The lowest BCUT2D eigenvalue weighted by Crippen LogP contribution is -2.00. The number of nitrogens with one attached hydrogen (secondary N) is 1. The molecule has 18 heavy (non-hydrogen) atoms. The number of aromatic nitrogens is 2. The van der Waals surface area contributed by atoms with Crippen molar-refractivity contribution in [3.05, 3.63) is 39.2 Å². The molecule has 0 atom stereocenters. The number of rotatable bonds is 2. The van der Waals surface area contributed by atoms with Crippen LogP contribution in [0.15, 0.2) is 18.2 Å². The van der Waals surface area contributed by atoms with Crippen LogP contribution < -0.4 is 11.1 Å². The molecule has 4 nitrogen and oxygen atoms in total. The van der Waals surface area contributed by atoms with Crippen LogP contribution >= 0.6 is 34.8 Å². The fourth-order valence-corrected chi connectivity index (χ4v) is 1.95. The number of anilines is 3. The van der Waals surface area contributed by atoms with Gasteiger partial charge in [0.15, 0.2) is 5.82 Å². The predicted octanol–water partition coefficient (Wildman–Crippen LogP) is 3.90.